The van der Waals surface area contributed by atoms with E-state index in [1.54, 1.807) is 0 Å². The molecule has 0 atom stereocenters. The number of morpholine rings is 1. The van der Waals surface area contributed by atoms with Crippen LogP contribution in [0.5, 0.6) is 0 Å². The highest BCUT2D eigenvalue weighted by Gasteiger charge is 2.28. The van der Waals surface area contributed by atoms with E-state index in [0.717, 1.165) is 35.7 Å². The zero-order valence-corrected chi connectivity index (χ0v) is 13.6. The molecule has 1 aliphatic heterocycles. The molecule has 1 saturated heterocycles. The van der Waals surface area contributed by atoms with Crippen LogP contribution < -0.4 is 5.32 Å². The van der Waals surface area contributed by atoms with Crippen molar-refractivity contribution in [1.82, 2.24) is 10.2 Å². The number of thiophene rings is 1. The van der Waals surface area contributed by atoms with Crippen molar-refractivity contribution in [1.29, 1.82) is 0 Å². The Morgan fingerprint density at radius 2 is 2.21 bits per heavy atom. The van der Waals surface area contributed by atoms with Gasteiger partial charge in [0.15, 0.2) is 0 Å². The topological polar surface area (TPSA) is 41.6 Å². The average molecular weight is 347 g/mol. The van der Waals surface area contributed by atoms with Gasteiger partial charge in [0.1, 0.15) is 0 Å². The van der Waals surface area contributed by atoms with E-state index in [-0.39, 0.29) is 11.4 Å². The lowest BCUT2D eigenvalue weighted by molar-refractivity contribution is -0.00923. The van der Waals surface area contributed by atoms with E-state index in [2.05, 4.69) is 40.0 Å². The first-order valence-corrected chi connectivity index (χ1v) is 8.01. The molecule has 1 aromatic heterocycles. The molecule has 1 fully saturated rings. The van der Waals surface area contributed by atoms with Crippen molar-refractivity contribution in [3.63, 3.8) is 0 Å². The van der Waals surface area contributed by atoms with Gasteiger partial charge in [0.05, 0.1) is 22.6 Å². The number of rotatable bonds is 4. The molecule has 1 aromatic rings. The highest BCUT2D eigenvalue weighted by molar-refractivity contribution is 9.11. The summed E-state index contributed by atoms with van der Waals surface area (Å²) in [6, 6.07) is 1.85. The largest absolute Gasteiger partial charge is 0.379 e. The summed E-state index contributed by atoms with van der Waals surface area (Å²) in [7, 11) is 0. The molecule has 6 heteroatoms. The van der Waals surface area contributed by atoms with Crippen molar-refractivity contribution in [3.8, 4) is 0 Å². The predicted octanol–water partition coefficient (Wildman–Crippen LogP) is 2.35. The minimum absolute atomic E-state index is 0.0108. The lowest BCUT2D eigenvalue weighted by Gasteiger charge is -2.40. The number of halogens is 1. The Balaban J connectivity index is 1.88. The van der Waals surface area contributed by atoms with Gasteiger partial charge in [0, 0.05) is 30.6 Å². The molecule has 106 valence electrons. The van der Waals surface area contributed by atoms with E-state index < -0.39 is 0 Å². The van der Waals surface area contributed by atoms with Crippen LogP contribution in [0.25, 0.3) is 0 Å². The fourth-order valence-corrected chi connectivity index (χ4v) is 3.24. The predicted molar refractivity (Wildman–Crippen MR) is 80.8 cm³/mol. The zero-order valence-electron chi connectivity index (χ0n) is 11.2. The molecule has 1 N–H and O–H groups in total. The maximum Gasteiger partial charge on any atom is 0.252 e. The van der Waals surface area contributed by atoms with Gasteiger partial charge in [-0.05, 0) is 35.8 Å². The summed E-state index contributed by atoms with van der Waals surface area (Å²) >= 11 is 4.89. The van der Waals surface area contributed by atoms with Crippen molar-refractivity contribution in [3.05, 3.63) is 20.8 Å². The molecule has 1 aliphatic rings. The minimum Gasteiger partial charge on any atom is -0.379 e. The molecule has 0 bridgehead atoms. The van der Waals surface area contributed by atoms with E-state index in [1.807, 2.05) is 11.4 Å². The van der Waals surface area contributed by atoms with E-state index in [9.17, 15) is 4.79 Å². The number of nitrogens with one attached hydrogen (secondary N) is 1. The van der Waals surface area contributed by atoms with Gasteiger partial charge >= 0.3 is 0 Å². The van der Waals surface area contributed by atoms with Crippen LogP contribution in [0.4, 0.5) is 0 Å². The van der Waals surface area contributed by atoms with Crippen molar-refractivity contribution in [2.45, 2.75) is 19.4 Å². The van der Waals surface area contributed by atoms with Crippen LogP contribution in [0.15, 0.2) is 15.2 Å². The molecule has 0 saturated carbocycles. The van der Waals surface area contributed by atoms with Crippen molar-refractivity contribution in [2.75, 3.05) is 32.8 Å². The third kappa shape index (κ3) is 4.02. The number of hydrogen-bond acceptors (Lipinski definition) is 4. The molecule has 0 spiro atoms. The van der Waals surface area contributed by atoms with Gasteiger partial charge in [-0.3, -0.25) is 9.69 Å². The smallest absolute Gasteiger partial charge is 0.252 e. The fraction of sp³-hybridized carbons (Fsp3) is 0.615. The third-order valence-electron chi connectivity index (χ3n) is 3.38. The SMILES string of the molecule is CC(C)(CNC(=O)c1csc(Br)c1)N1CCOCC1. The van der Waals surface area contributed by atoms with Crippen LogP contribution >= 0.6 is 27.3 Å². The maximum atomic E-state index is 12.0. The van der Waals surface area contributed by atoms with Crippen molar-refractivity contribution >= 4 is 33.2 Å². The van der Waals surface area contributed by atoms with Gasteiger partial charge in [0.2, 0.25) is 0 Å². The number of amides is 1. The van der Waals surface area contributed by atoms with Crippen LogP contribution in [0, 0.1) is 0 Å². The van der Waals surface area contributed by atoms with Crippen LogP contribution in [-0.2, 0) is 4.74 Å². The van der Waals surface area contributed by atoms with Crippen LogP contribution in [0.2, 0.25) is 0 Å². The van der Waals surface area contributed by atoms with Crippen LogP contribution in [-0.4, -0.2) is 49.2 Å². The van der Waals surface area contributed by atoms with Gasteiger partial charge in [-0.2, -0.15) is 0 Å². The van der Waals surface area contributed by atoms with E-state index in [4.69, 9.17) is 4.74 Å². The Kier molecular flexibility index (Phi) is 5.00. The molecule has 0 radical (unpaired) electrons. The summed E-state index contributed by atoms with van der Waals surface area (Å²) in [4.78, 5) is 14.4. The summed E-state index contributed by atoms with van der Waals surface area (Å²) in [5.74, 6) is -0.0108. The zero-order chi connectivity index (χ0) is 13.9. The van der Waals surface area contributed by atoms with Crippen LogP contribution in [0.3, 0.4) is 0 Å². The molecule has 0 aromatic carbocycles. The van der Waals surface area contributed by atoms with Gasteiger partial charge in [-0.1, -0.05) is 0 Å². The standard InChI is InChI=1S/C13H19BrN2O2S/c1-13(2,16-3-5-18-6-4-16)9-15-12(17)10-7-11(14)19-8-10/h7-8H,3-6,9H2,1-2H3,(H,15,17). The molecule has 19 heavy (non-hydrogen) atoms. The molecule has 2 heterocycles. The number of nitrogens with zero attached hydrogens (tertiary/aromatic N) is 1. The summed E-state index contributed by atoms with van der Waals surface area (Å²) in [5, 5.41) is 4.88. The minimum atomic E-state index is -0.0489. The van der Waals surface area contributed by atoms with E-state index in [1.165, 1.54) is 11.3 Å². The second-order valence-electron chi connectivity index (χ2n) is 5.23. The van der Waals surface area contributed by atoms with Crippen LogP contribution in [0.1, 0.15) is 24.2 Å². The lowest BCUT2D eigenvalue weighted by Crippen LogP contribution is -2.55. The first-order valence-electron chi connectivity index (χ1n) is 6.34. The van der Waals surface area contributed by atoms with Gasteiger partial charge < -0.3 is 10.1 Å². The Hall–Kier alpha value is -0.430. The van der Waals surface area contributed by atoms with Gasteiger partial charge in [0.25, 0.3) is 5.91 Å². The first kappa shape index (κ1) is 15.0. The molecule has 2 rings (SSSR count). The summed E-state index contributed by atoms with van der Waals surface area (Å²) in [6.07, 6.45) is 0. The monoisotopic (exact) mass is 346 g/mol. The molecule has 1 amide bonds. The molecule has 4 nitrogen and oxygen atoms in total. The Morgan fingerprint density at radius 1 is 1.53 bits per heavy atom. The van der Waals surface area contributed by atoms with Crippen molar-refractivity contribution in [2.24, 2.45) is 0 Å². The molecule has 0 unspecified atom stereocenters. The third-order valence-corrected chi connectivity index (χ3v) is 4.88. The summed E-state index contributed by atoms with van der Waals surface area (Å²) in [5.41, 5.74) is 0.668. The Morgan fingerprint density at radius 3 is 2.79 bits per heavy atom. The maximum absolute atomic E-state index is 12.0. The van der Waals surface area contributed by atoms with Gasteiger partial charge in [-0.25, -0.2) is 0 Å². The van der Waals surface area contributed by atoms with E-state index in [0.29, 0.717) is 6.54 Å². The number of ether oxygens (including phenoxy) is 1. The first-order chi connectivity index (χ1) is 8.99. The van der Waals surface area contributed by atoms with Gasteiger partial charge in [-0.15, -0.1) is 11.3 Å². The highest BCUT2D eigenvalue weighted by Crippen LogP contribution is 2.21. The lowest BCUT2D eigenvalue weighted by atomic mass is 10.0. The second kappa shape index (κ2) is 6.35. The molecular formula is C13H19BrN2O2S. The fourth-order valence-electron chi connectivity index (χ4n) is 2.11. The number of hydrogen-bond donors (Lipinski definition) is 1. The molecule has 0 aliphatic carbocycles. The normalized spacial score (nSPS) is 17.4. The highest BCUT2D eigenvalue weighted by atomic mass is 79.9. The number of carbonyl (C=O) groups excluding carboxylic acids is 1. The Labute approximate surface area is 126 Å². The molecular weight excluding hydrogens is 328 g/mol. The van der Waals surface area contributed by atoms with Crippen molar-refractivity contribution < 1.29 is 9.53 Å². The average Bonchev–Trinajstić information content (AvgIpc) is 2.84. The summed E-state index contributed by atoms with van der Waals surface area (Å²) in [6.45, 7) is 8.34. The quantitative estimate of drug-likeness (QED) is 0.909. The van der Waals surface area contributed by atoms with E-state index >= 15 is 0 Å². The Bertz CT molecular complexity index is 442. The summed E-state index contributed by atoms with van der Waals surface area (Å²) < 4.78 is 6.34. The number of carbonyl (C=O) groups is 1. The second-order valence-corrected chi connectivity index (χ2v) is 7.52.